The van der Waals surface area contributed by atoms with Crippen molar-refractivity contribution in [1.82, 2.24) is 9.88 Å². The Bertz CT molecular complexity index is 797. The van der Waals surface area contributed by atoms with Gasteiger partial charge in [0.1, 0.15) is 12.4 Å². The summed E-state index contributed by atoms with van der Waals surface area (Å²) in [5.74, 6) is 0.350. The zero-order valence-corrected chi connectivity index (χ0v) is 16.5. The Morgan fingerprint density at radius 3 is 2.74 bits per heavy atom. The molecule has 0 bridgehead atoms. The quantitative estimate of drug-likeness (QED) is 0.709. The van der Waals surface area contributed by atoms with E-state index >= 15 is 0 Å². The van der Waals surface area contributed by atoms with Gasteiger partial charge in [-0.05, 0) is 44.9 Å². The molecular weight excluding hydrogens is 364 g/mol. The zero-order valence-electron chi connectivity index (χ0n) is 15.6. The lowest BCUT2D eigenvalue weighted by Gasteiger charge is -2.31. The molecule has 6 nitrogen and oxygen atoms in total. The molecule has 1 aromatic carbocycles. The van der Waals surface area contributed by atoms with E-state index in [4.69, 9.17) is 9.47 Å². The van der Waals surface area contributed by atoms with Crippen molar-refractivity contribution in [2.45, 2.75) is 33.3 Å². The van der Waals surface area contributed by atoms with Crippen molar-refractivity contribution in [3.63, 3.8) is 0 Å². The Balaban J connectivity index is 1.56. The summed E-state index contributed by atoms with van der Waals surface area (Å²) < 4.78 is 10.9. The van der Waals surface area contributed by atoms with Crippen LogP contribution in [0.1, 0.15) is 40.8 Å². The van der Waals surface area contributed by atoms with Gasteiger partial charge in [0.15, 0.2) is 0 Å². The molecule has 1 aliphatic rings. The van der Waals surface area contributed by atoms with Gasteiger partial charge >= 0.3 is 5.97 Å². The summed E-state index contributed by atoms with van der Waals surface area (Å²) in [5, 5.41) is 2.97. The second kappa shape index (κ2) is 8.99. The number of carbonyl (C=O) groups is 2. The molecule has 1 fully saturated rings. The number of esters is 1. The van der Waals surface area contributed by atoms with E-state index in [-0.39, 0.29) is 17.8 Å². The summed E-state index contributed by atoms with van der Waals surface area (Å²) in [5.41, 5.74) is 1.48. The molecule has 0 aliphatic carbocycles. The van der Waals surface area contributed by atoms with Gasteiger partial charge in [0.2, 0.25) is 0 Å². The number of aryl methyl sites for hydroxylation is 1. The lowest BCUT2D eigenvalue weighted by Crippen LogP contribution is -2.40. The number of carbonyl (C=O) groups excluding carboxylic acids is 2. The molecule has 0 N–H and O–H groups in total. The van der Waals surface area contributed by atoms with Crippen LogP contribution in [0.15, 0.2) is 29.6 Å². The van der Waals surface area contributed by atoms with Gasteiger partial charge in [0.25, 0.3) is 5.91 Å². The summed E-state index contributed by atoms with van der Waals surface area (Å²) in [6.07, 6.45) is 1.29. The Kier molecular flexibility index (Phi) is 6.45. The van der Waals surface area contributed by atoms with Crippen LogP contribution < -0.4 is 4.74 Å². The van der Waals surface area contributed by atoms with Crippen molar-refractivity contribution in [2.75, 3.05) is 19.7 Å². The maximum absolute atomic E-state index is 12.8. The summed E-state index contributed by atoms with van der Waals surface area (Å²) in [7, 11) is 0. The van der Waals surface area contributed by atoms with E-state index in [1.165, 1.54) is 0 Å². The summed E-state index contributed by atoms with van der Waals surface area (Å²) in [6.45, 7) is 5.66. The standard InChI is InChI=1S/C20H24N2O4S/c1-3-25-20(24)15-7-9-22(10-8-15)19(23)16-5-4-6-18(11-16)26-12-17-13-27-14(2)21-17/h4-6,11,13,15H,3,7-10,12H2,1-2H3. The molecule has 7 heteroatoms. The third kappa shape index (κ3) is 5.07. The van der Waals surface area contributed by atoms with Gasteiger partial charge in [-0.3, -0.25) is 9.59 Å². The molecule has 144 valence electrons. The van der Waals surface area contributed by atoms with E-state index in [1.807, 2.05) is 24.4 Å². The number of piperidine rings is 1. The lowest BCUT2D eigenvalue weighted by atomic mass is 9.96. The van der Waals surface area contributed by atoms with Gasteiger partial charge in [-0.15, -0.1) is 11.3 Å². The van der Waals surface area contributed by atoms with Gasteiger partial charge < -0.3 is 14.4 Å². The van der Waals surface area contributed by atoms with E-state index in [0.29, 0.717) is 50.5 Å². The van der Waals surface area contributed by atoms with Gasteiger partial charge in [-0.1, -0.05) is 6.07 Å². The highest BCUT2D eigenvalue weighted by Gasteiger charge is 2.28. The van der Waals surface area contributed by atoms with E-state index in [1.54, 1.807) is 35.3 Å². The van der Waals surface area contributed by atoms with Crippen LogP contribution in [-0.2, 0) is 16.1 Å². The number of ether oxygens (including phenoxy) is 2. The predicted molar refractivity (Wildman–Crippen MR) is 103 cm³/mol. The molecule has 1 amide bonds. The number of likely N-dealkylation sites (tertiary alicyclic amines) is 1. The minimum Gasteiger partial charge on any atom is -0.487 e. The average Bonchev–Trinajstić information content (AvgIpc) is 3.11. The van der Waals surface area contributed by atoms with Crippen LogP contribution in [0.4, 0.5) is 0 Å². The van der Waals surface area contributed by atoms with Crippen LogP contribution in [0, 0.1) is 12.8 Å². The number of hydrogen-bond donors (Lipinski definition) is 0. The lowest BCUT2D eigenvalue weighted by molar-refractivity contribution is -0.149. The number of nitrogens with zero attached hydrogens (tertiary/aromatic N) is 2. The topological polar surface area (TPSA) is 68.7 Å². The minimum absolute atomic E-state index is 0.0349. The van der Waals surface area contributed by atoms with Crippen molar-refractivity contribution in [3.05, 3.63) is 45.9 Å². The third-order valence-electron chi connectivity index (χ3n) is 4.54. The largest absolute Gasteiger partial charge is 0.487 e. The summed E-state index contributed by atoms with van der Waals surface area (Å²) in [6, 6.07) is 7.21. The van der Waals surface area contributed by atoms with Gasteiger partial charge in [0, 0.05) is 24.0 Å². The Labute approximate surface area is 163 Å². The normalized spacial score (nSPS) is 14.8. The first-order chi connectivity index (χ1) is 13.1. The number of hydrogen-bond acceptors (Lipinski definition) is 6. The molecule has 1 saturated heterocycles. The third-order valence-corrected chi connectivity index (χ3v) is 5.36. The monoisotopic (exact) mass is 388 g/mol. The van der Waals surface area contributed by atoms with Crippen LogP contribution in [0.2, 0.25) is 0 Å². The Hall–Kier alpha value is -2.41. The molecule has 0 spiro atoms. The fraction of sp³-hybridized carbons (Fsp3) is 0.450. The predicted octanol–water partition coefficient (Wildman–Crippen LogP) is 3.45. The second-order valence-corrected chi connectivity index (χ2v) is 7.56. The van der Waals surface area contributed by atoms with Crippen molar-refractivity contribution in [2.24, 2.45) is 5.92 Å². The van der Waals surface area contributed by atoms with Crippen molar-refractivity contribution in [3.8, 4) is 5.75 Å². The highest BCUT2D eigenvalue weighted by atomic mass is 32.1. The molecule has 0 unspecified atom stereocenters. The zero-order chi connectivity index (χ0) is 19.2. The number of rotatable bonds is 6. The van der Waals surface area contributed by atoms with Gasteiger partial charge in [-0.2, -0.15) is 0 Å². The molecule has 0 saturated carbocycles. The summed E-state index contributed by atoms with van der Waals surface area (Å²) >= 11 is 1.59. The molecular formula is C20H24N2O4S. The average molecular weight is 388 g/mol. The van der Waals surface area contributed by atoms with E-state index in [0.717, 1.165) is 10.7 Å². The van der Waals surface area contributed by atoms with Crippen LogP contribution in [0.5, 0.6) is 5.75 Å². The number of aromatic nitrogens is 1. The number of benzene rings is 1. The van der Waals surface area contributed by atoms with Crippen LogP contribution >= 0.6 is 11.3 Å². The number of amides is 1. The van der Waals surface area contributed by atoms with E-state index in [2.05, 4.69) is 4.98 Å². The molecule has 1 aliphatic heterocycles. The highest BCUT2D eigenvalue weighted by molar-refractivity contribution is 7.09. The minimum atomic E-state index is -0.155. The highest BCUT2D eigenvalue weighted by Crippen LogP contribution is 2.22. The van der Waals surface area contributed by atoms with Gasteiger partial charge in [0.05, 0.1) is 23.2 Å². The first-order valence-corrected chi connectivity index (χ1v) is 10.0. The van der Waals surface area contributed by atoms with Crippen molar-refractivity contribution >= 4 is 23.2 Å². The van der Waals surface area contributed by atoms with Crippen molar-refractivity contribution < 1.29 is 19.1 Å². The fourth-order valence-electron chi connectivity index (χ4n) is 3.11. The maximum Gasteiger partial charge on any atom is 0.309 e. The van der Waals surface area contributed by atoms with E-state index < -0.39 is 0 Å². The first-order valence-electron chi connectivity index (χ1n) is 9.16. The van der Waals surface area contributed by atoms with Crippen LogP contribution in [0.25, 0.3) is 0 Å². The van der Waals surface area contributed by atoms with Crippen LogP contribution in [0.3, 0.4) is 0 Å². The molecule has 2 heterocycles. The second-order valence-electron chi connectivity index (χ2n) is 6.49. The van der Waals surface area contributed by atoms with Gasteiger partial charge in [-0.25, -0.2) is 4.98 Å². The SMILES string of the molecule is CCOC(=O)C1CCN(C(=O)c2cccc(OCc3csc(C)n3)c2)CC1. The molecule has 1 aromatic heterocycles. The molecule has 3 rings (SSSR count). The Morgan fingerprint density at radius 2 is 2.07 bits per heavy atom. The fourth-order valence-corrected chi connectivity index (χ4v) is 3.71. The Morgan fingerprint density at radius 1 is 1.30 bits per heavy atom. The molecule has 0 radical (unpaired) electrons. The van der Waals surface area contributed by atoms with Crippen LogP contribution in [-0.4, -0.2) is 41.5 Å². The molecule has 0 atom stereocenters. The first kappa shape index (κ1) is 19.4. The number of thiazole rings is 1. The smallest absolute Gasteiger partial charge is 0.309 e. The summed E-state index contributed by atoms with van der Waals surface area (Å²) in [4.78, 5) is 30.8. The maximum atomic E-state index is 12.8. The molecule has 2 aromatic rings. The van der Waals surface area contributed by atoms with E-state index in [9.17, 15) is 9.59 Å². The molecule has 27 heavy (non-hydrogen) atoms. The van der Waals surface area contributed by atoms with Crippen molar-refractivity contribution in [1.29, 1.82) is 0 Å².